The molecule has 1 aliphatic rings. The van der Waals surface area contributed by atoms with Crippen molar-refractivity contribution in [1.82, 2.24) is 5.32 Å². The summed E-state index contributed by atoms with van der Waals surface area (Å²) in [5.74, 6) is -2.01. The molecule has 0 aromatic rings. The second-order valence-electron chi connectivity index (χ2n) is 4.13. The zero-order valence-electron chi connectivity index (χ0n) is 10.2. The summed E-state index contributed by atoms with van der Waals surface area (Å²) in [6.45, 7) is 0. The number of carbonyl (C=O) groups excluding carboxylic acids is 2. The highest BCUT2D eigenvalue weighted by atomic mass is 16.6. The molecule has 7 heteroatoms. The molecule has 2 N–H and O–H groups in total. The van der Waals surface area contributed by atoms with Gasteiger partial charge in [-0.3, -0.25) is 4.79 Å². The highest BCUT2D eigenvalue weighted by Crippen LogP contribution is 2.20. The number of hydrogen-bond donors (Lipinski definition) is 2. The van der Waals surface area contributed by atoms with Crippen LogP contribution in [0.1, 0.15) is 32.1 Å². The molecule has 0 aromatic heterocycles. The molecule has 18 heavy (non-hydrogen) atoms. The maximum atomic E-state index is 11.4. The van der Waals surface area contributed by atoms with E-state index in [0.717, 1.165) is 32.8 Å². The van der Waals surface area contributed by atoms with Crippen LogP contribution in [0.4, 0.5) is 4.79 Å². The van der Waals surface area contributed by atoms with Crippen LogP contribution in [-0.4, -0.2) is 42.4 Å². The highest BCUT2D eigenvalue weighted by Gasteiger charge is 2.26. The smallest absolute Gasteiger partial charge is 0.408 e. The van der Waals surface area contributed by atoms with Gasteiger partial charge in [0, 0.05) is 0 Å². The molecular formula is C11H17NO6. The number of aliphatic carboxylic acids is 1. The minimum atomic E-state index is -1.33. The maximum absolute atomic E-state index is 11.4. The first kappa shape index (κ1) is 14.3. The minimum absolute atomic E-state index is 0.155. The van der Waals surface area contributed by atoms with Gasteiger partial charge in [-0.2, -0.15) is 0 Å². The van der Waals surface area contributed by atoms with Crippen LogP contribution in [0, 0.1) is 0 Å². The first-order valence-corrected chi connectivity index (χ1v) is 5.79. The molecule has 0 radical (unpaired) electrons. The van der Waals surface area contributed by atoms with Crippen molar-refractivity contribution in [1.29, 1.82) is 0 Å². The molecule has 0 spiro atoms. The maximum Gasteiger partial charge on any atom is 0.408 e. The van der Waals surface area contributed by atoms with Crippen LogP contribution in [0.25, 0.3) is 0 Å². The number of esters is 1. The summed E-state index contributed by atoms with van der Waals surface area (Å²) >= 11 is 0. The molecule has 1 fully saturated rings. The molecular weight excluding hydrogens is 242 g/mol. The minimum Gasteiger partial charge on any atom is -0.480 e. The third kappa shape index (κ3) is 4.60. The molecule has 0 saturated heterocycles. The Labute approximate surface area is 104 Å². The van der Waals surface area contributed by atoms with Gasteiger partial charge in [0.15, 0.2) is 0 Å². The van der Waals surface area contributed by atoms with Gasteiger partial charge in [0.05, 0.1) is 13.5 Å². The normalized spacial score (nSPS) is 16.9. The van der Waals surface area contributed by atoms with Gasteiger partial charge in [0.1, 0.15) is 12.1 Å². The van der Waals surface area contributed by atoms with Crippen LogP contribution in [0.5, 0.6) is 0 Å². The lowest BCUT2D eigenvalue weighted by Crippen LogP contribution is -2.43. The first-order chi connectivity index (χ1) is 8.52. The van der Waals surface area contributed by atoms with Crippen molar-refractivity contribution in [3.8, 4) is 0 Å². The molecule has 1 saturated carbocycles. The number of amides is 1. The molecule has 0 unspecified atom stereocenters. The highest BCUT2D eigenvalue weighted by molar-refractivity contribution is 5.85. The van der Waals surface area contributed by atoms with Gasteiger partial charge in [-0.05, 0) is 25.7 Å². The largest absolute Gasteiger partial charge is 0.480 e. The number of nitrogens with one attached hydrogen (secondary N) is 1. The fourth-order valence-corrected chi connectivity index (χ4v) is 1.78. The van der Waals surface area contributed by atoms with Gasteiger partial charge in [-0.15, -0.1) is 0 Å². The summed E-state index contributed by atoms with van der Waals surface area (Å²) in [7, 11) is 1.15. The summed E-state index contributed by atoms with van der Waals surface area (Å²) in [5, 5.41) is 11.0. The Kier molecular flexibility index (Phi) is 5.41. The van der Waals surface area contributed by atoms with E-state index in [1.807, 2.05) is 0 Å². The summed E-state index contributed by atoms with van der Waals surface area (Å²) in [4.78, 5) is 33.3. The molecule has 0 bridgehead atoms. The van der Waals surface area contributed by atoms with E-state index in [4.69, 9.17) is 9.84 Å². The molecule has 0 heterocycles. The van der Waals surface area contributed by atoms with Crippen LogP contribution in [0.2, 0.25) is 0 Å². The van der Waals surface area contributed by atoms with E-state index in [2.05, 4.69) is 10.1 Å². The number of ether oxygens (including phenoxy) is 2. The third-order valence-electron chi connectivity index (χ3n) is 2.76. The quantitative estimate of drug-likeness (QED) is 0.703. The number of carboxylic acid groups (broad SMARTS) is 1. The predicted molar refractivity (Wildman–Crippen MR) is 59.9 cm³/mol. The van der Waals surface area contributed by atoms with Gasteiger partial charge in [-0.25, -0.2) is 9.59 Å². The first-order valence-electron chi connectivity index (χ1n) is 5.79. The van der Waals surface area contributed by atoms with Crippen LogP contribution in [-0.2, 0) is 19.1 Å². The van der Waals surface area contributed by atoms with E-state index in [-0.39, 0.29) is 6.10 Å². The van der Waals surface area contributed by atoms with Crippen molar-refractivity contribution in [2.75, 3.05) is 7.11 Å². The topological polar surface area (TPSA) is 102 Å². The number of carbonyl (C=O) groups is 3. The molecule has 1 amide bonds. The monoisotopic (exact) mass is 259 g/mol. The molecule has 1 atom stereocenters. The van der Waals surface area contributed by atoms with E-state index in [1.165, 1.54) is 0 Å². The van der Waals surface area contributed by atoms with Crippen LogP contribution < -0.4 is 5.32 Å². The van der Waals surface area contributed by atoms with E-state index in [9.17, 15) is 14.4 Å². The summed E-state index contributed by atoms with van der Waals surface area (Å²) < 4.78 is 9.39. The average molecular weight is 259 g/mol. The lowest BCUT2D eigenvalue weighted by Gasteiger charge is -2.16. The second kappa shape index (κ2) is 6.83. The molecule has 102 valence electrons. The van der Waals surface area contributed by atoms with Crippen molar-refractivity contribution in [3.05, 3.63) is 0 Å². The summed E-state index contributed by atoms with van der Waals surface area (Å²) in [5.41, 5.74) is 0. The molecule has 0 aromatic carbocycles. The van der Waals surface area contributed by atoms with Crippen molar-refractivity contribution in [2.45, 2.75) is 44.2 Å². The molecule has 1 aliphatic carbocycles. The number of alkyl carbamates (subject to hydrolysis) is 1. The average Bonchev–Trinajstić information content (AvgIpc) is 2.80. The molecule has 1 rings (SSSR count). The van der Waals surface area contributed by atoms with Crippen molar-refractivity contribution < 1.29 is 29.0 Å². The standard InChI is InChI=1S/C11H17NO6/c1-17-9(13)6-8(10(14)15)12-11(16)18-7-4-2-3-5-7/h7-8H,2-6H2,1H3,(H,12,16)(H,14,15)/t8-/m0/s1. The Morgan fingerprint density at radius 3 is 2.44 bits per heavy atom. The zero-order valence-corrected chi connectivity index (χ0v) is 10.2. The van der Waals surface area contributed by atoms with Gasteiger partial charge in [-0.1, -0.05) is 0 Å². The Bertz CT molecular complexity index is 323. The summed E-state index contributed by atoms with van der Waals surface area (Å²) in [6, 6.07) is -1.33. The van der Waals surface area contributed by atoms with E-state index in [1.54, 1.807) is 0 Å². The van der Waals surface area contributed by atoms with E-state index >= 15 is 0 Å². The van der Waals surface area contributed by atoms with Crippen molar-refractivity contribution >= 4 is 18.0 Å². The number of methoxy groups -OCH3 is 1. The van der Waals surface area contributed by atoms with Crippen LogP contribution in [0.3, 0.4) is 0 Å². The number of rotatable bonds is 5. The van der Waals surface area contributed by atoms with Crippen LogP contribution >= 0.6 is 0 Å². The number of hydrogen-bond acceptors (Lipinski definition) is 5. The number of carboxylic acids is 1. The van der Waals surface area contributed by atoms with Gasteiger partial charge >= 0.3 is 18.0 Å². The second-order valence-corrected chi connectivity index (χ2v) is 4.13. The van der Waals surface area contributed by atoms with Gasteiger partial charge in [0.25, 0.3) is 0 Å². The lowest BCUT2D eigenvalue weighted by molar-refractivity contribution is -0.147. The molecule has 0 aliphatic heterocycles. The van der Waals surface area contributed by atoms with Gasteiger partial charge in [0.2, 0.25) is 0 Å². The van der Waals surface area contributed by atoms with Crippen LogP contribution in [0.15, 0.2) is 0 Å². The van der Waals surface area contributed by atoms with Crippen molar-refractivity contribution in [3.63, 3.8) is 0 Å². The lowest BCUT2D eigenvalue weighted by atomic mass is 10.2. The third-order valence-corrected chi connectivity index (χ3v) is 2.76. The zero-order chi connectivity index (χ0) is 13.5. The van der Waals surface area contributed by atoms with Gasteiger partial charge < -0.3 is 19.9 Å². The van der Waals surface area contributed by atoms with Crippen molar-refractivity contribution in [2.24, 2.45) is 0 Å². The van der Waals surface area contributed by atoms with E-state index < -0.39 is 30.5 Å². The fraction of sp³-hybridized carbons (Fsp3) is 0.727. The Morgan fingerprint density at radius 1 is 1.33 bits per heavy atom. The predicted octanol–water partition coefficient (Wildman–Crippen LogP) is 0.671. The fourth-order valence-electron chi connectivity index (χ4n) is 1.78. The van der Waals surface area contributed by atoms with E-state index in [0.29, 0.717) is 0 Å². The Hall–Kier alpha value is -1.79. The summed E-state index contributed by atoms with van der Waals surface area (Å²) in [6.07, 6.45) is 2.21. The Morgan fingerprint density at radius 2 is 1.94 bits per heavy atom. The SMILES string of the molecule is COC(=O)C[C@H](NC(=O)OC1CCCC1)C(=O)O. The molecule has 7 nitrogen and oxygen atoms in total. The Balaban J connectivity index is 2.41.